The van der Waals surface area contributed by atoms with E-state index in [0.717, 1.165) is 12.1 Å². The molecule has 1 atom stereocenters. The summed E-state index contributed by atoms with van der Waals surface area (Å²) in [6.45, 7) is -0.225. The van der Waals surface area contributed by atoms with Crippen LogP contribution in [0.2, 0.25) is 0 Å². The number of carboxylic acid groups (broad SMARTS) is 1. The number of aromatic hydroxyl groups is 2. The number of non-ortho nitro benzene ring substituents is 1. The van der Waals surface area contributed by atoms with Crippen molar-refractivity contribution in [1.82, 2.24) is 5.32 Å². The second kappa shape index (κ2) is 7.83. The van der Waals surface area contributed by atoms with Crippen LogP contribution >= 0.6 is 0 Å². The molecule has 4 N–H and O–H groups in total. The molecule has 0 aromatic heterocycles. The highest BCUT2D eigenvalue weighted by molar-refractivity contribution is 5.81. The number of carboxylic acids is 1. The van der Waals surface area contributed by atoms with Gasteiger partial charge in [-0.1, -0.05) is 6.07 Å². The van der Waals surface area contributed by atoms with Gasteiger partial charge in [0.05, 0.1) is 4.92 Å². The fourth-order valence-electron chi connectivity index (χ4n) is 2.03. The zero-order chi connectivity index (χ0) is 19.3. The number of alkyl carbamates (subject to hydrolysis) is 1. The Morgan fingerprint density at radius 3 is 2.31 bits per heavy atom. The van der Waals surface area contributed by atoms with Crippen LogP contribution in [0.5, 0.6) is 11.5 Å². The fourth-order valence-corrected chi connectivity index (χ4v) is 2.03. The number of benzene rings is 2. The average molecular weight is 362 g/mol. The van der Waals surface area contributed by atoms with Crippen molar-refractivity contribution in [2.75, 3.05) is 0 Å². The first-order valence-electron chi connectivity index (χ1n) is 7.19. The molecule has 2 aromatic carbocycles. The molecule has 10 nitrogen and oxygen atoms in total. The summed E-state index contributed by atoms with van der Waals surface area (Å²) in [6, 6.07) is 7.10. The number of amides is 1. The molecule has 0 fully saturated rings. The predicted octanol–water partition coefficient (Wildman–Crippen LogP) is 2.06. The number of carbonyl (C=O) groups is 2. The minimum absolute atomic E-state index is 0.0279. The minimum atomic E-state index is -1.51. The molecule has 0 aliphatic rings. The molecule has 0 aliphatic carbocycles. The van der Waals surface area contributed by atoms with Gasteiger partial charge in [-0.05, 0) is 35.4 Å². The molecular formula is C16H14N2O8. The Labute approximate surface area is 146 Å². The number of rotatable bonds is 6. The summed E-state index contributed by atoms with van der Waals surface area (Å²) < 4.78 is 4.89. The van der Waals surface area contributed by atoms with Crippen LogP contribution in [0.25, 0.3) is 0 Å². The topological polar surface area (TPSA) is 159 Å². The fraction of sp³-hybridized carbons (Fsp3) is 0.125. The number of carbonyl (C=O) groups excluding carboxylic acids is 1. The third-order valence-electron chi connectivity index (χ3n) is 3.36. The van der Waals surface area contributed by atoms with Gasteiger partial charge in [-0.25, -0.2) is 9.59 Å². The maximum absolute atomic E-state index is 11.8. The lowest BCUT2D eigenvalue weighted by molar-refractivity contribution is -0.384. The lowest BCUT2D eigenvalue weighted by atomic mass is 10.1. The largest absolute Gasteiger partial charge is 0.504 e. The van der Waals surface area contributed by atoms with E-state index in [1.807, 2.05) is 0 Å². The van der Waals surface area contributed by atoms with Crippen molar-refractivity contribution < 1.29 is 34.6 Å². The van der Waals surface area contributed by atoms with Gasteiger partial charge in [-0.15, -0.1) is 0 Å². The van der Waals surface area contributed by atoms with Crippen LogP contribution in [0.1, 0.15) is 17.2 Å². The van der Waals surface area contributed by atoms with E-state index >= 15 is 0 Å². The smallest absolute Gasteiger partial charge is 0.408 e. The van der Waals surface area contributed by atoms with Gasteiger partial charge >= 0.3 is 12.1 Å². The zero-order valence-electron chi connectivity index (χ0n) is 13.2. The number of nitro groups is 1. The van der Waals surface area contributed by atoms with Gasteiger partial charge in [0, 0.05) is 12.1 Å². The molecule has 0 radical (unpaired) electrons. The van der Waals surface area contributed by atoms with Crippen LogP contribution in [0.3, 0.4) is 0 Å². The number of phenols is 2. The summed E-state index contributed by atoms with van der Waals surface area (Å²) in [7, 11) is 0. The molecule has 2 rings (SSSR count). The number of hydrogen-bond acceptors (Lipinski definition) is 7. The van der Waals surface area contributed by atoms with Gasteiger partial charge < -0.3 is 25.4 Å². The summed E-state index contributed by atoms with van der Waals surface area (Å²) >= 11 is 0. The van der Waals surface area contributed by atoms with Crippen molar-refractivity contribution in [3.63, 3.8) is 0 Å². The Bertz CT molecular complexity index is 835. The van der Waals surface area contributed by atoms with Crippen molar-refractivity contribution in [2.45, 2.75) is 12.6 Å². The van der Waals surface area contributed by atoms with Crippen molar-refractivity contribution in [3.8, 4) is 11.5 Å². The van der Waals surface area contributed by atoms with Crippen LogP contribution in [-0.2, 0) is 16.1 Å². The number of ether oxygens (including phenoxy) is 1. The van der Waals surface area contributed by atoms with E-state index in [-0.39, 0.29) is 17.9 Å². The molecule has 0 heterocycles. The van der Waals surface area contributed by atoms with Gasteiger partial charge in [0.1, 0.15) is 6.61 Å². The van der Waals surface area contributed by atoms with Gasteiger partial charge in [-0.2, -0.15) is 0 Å². The summed E-state index contributed by atoms with van der Waals surface area (Å²) in [5.41, 5.74) is 0.385. The molecule has 0 aliphatic heterocycles. The molecule has 0 unspecified atom stereocenters. The van der Waals surface area contributed by atoms with Gasteiger partial charge in [-0.3, -0.25) is 10.1 Å². The van der Waals surface area contributed by atoms with Crippen LogP contribution in [0.15, 0.2) is 42.5 Å². The predicted molar refractivity (Wildman–Crippen MR) is 86.6 cm³/mol. The highest BCUT2D eigenvalue weighted by atomic mass is 16.6. The van der Waals surface area contributed by atoms with Crippen molar-refractivity contribution in [1.29, 1.82) is 0 Å². The van der Waals surface area contributed by atoms with E-state index in [2.05, 4.69) is 5.32 Å². The first kappa shape index (κ1) is 18.5. The molecule has 10 heteroatoms. The number of nitrogens with one attached hydrogen (secondary N) is 1. The van der Waals surface area contributed by atoms with Crippen molar-refractivity contribution in [3.05, 3.63) is 63.7 Å². The van der Waals surface area contributed by atoms with Crippen LogP contribution in [0.4, 0.5) is 10.5 Å². The van der Waals surface area contributed by atoms with Crippen LogP contribution in [-0.4, -0.2) is 32.3 Å². The monoisotopic (exact) mass is 362 g/mol. The van der Waals surface area contributed by atoms with E-state index in [1.54, 1.807) is 0 Å². The molecule has 0 spiro atoms. The van der Waals surface area contributed by atoms with E-state index in [1.165, 1.54) is 30.3 Å². The number of hydrogen-bond donors (Lipinski definition) is 4. The van der Waals surface area contributed by atoms with E-state index < -0.39 is 34.5 Å². The number of nitrogens with zero attached hydrogens (tertiary/aromatic N) is 1. The lowest BCUT2D eigenvalue weighted by Gasteiger charge is -2.15. The molecule has 0 saturated heterocycles. The quantitative estimate of drug-likeness (QED) is 0.345. The molecule has 1 amide bonds. The maximum atomic E-state index is 11.8. The van der Waals surface area contributed by atoms with Gasteiger partial charge in [0.2, 0.25) is 0 Å². The molecule has 136 valence electrons. The zero-order valence-corrected chi connectivity index (χ0v) is 13.2. The molecule has 0 saturated carbocycles. The van der Waals surface area contributed by atoms with E-state index in [4.69, 9.17) is 4.74 Å². The Balaban J connectivity index is 2.00. The normalized spacial score (nSPS) is 11.4. The Morgan fingerprint density at radius 2 is 1.77 bits per heavy atom. The van der Waals surface area contributed by atoms with E-state index in [0.29, 0.717) is 5.56 Å². The highest BCUT2D eigenvalue weighted by Gasteiger charge is 2.23. The average Bonchev–Trinajstić information content (AvgIpc) is 2.60. The Morgan fingerprint density at radius 1 is 1.12 bits per heavy atom. The first-order valence-corrected chi connectivity index (χ1v) is 7.19. The van der Waals surface area contributed by atoms with Crippen LogP contribution < -0.4 is 5.32 Å². The molecular weight excluding hydrogens is 348 g/mol. The number of phenolic OH excluding ortho intramolecular Hbond substituents is 2. The van der Waals surface area contributed by atoms with Crippen molar-refractivity contribution in [2.24, 2.45) is 0 Å². The van der Waals surface area contributed by atoms with Crippen molar-refractivity contribution >= 4 is 17.7 Å². The second-order valence-corrected chi connectivity index (χ2v) is 5.16. The molecule has 2 aromatic rings. The number of aliphatic carboxylic acids is 1. The summed E-state index contributed by atoms with van der Waals surface area (Å²) in [5.74, 6) is -2.36. The minimum Gasteiger partial charge on any atom is -0.504 e. The highest BCUT2D eigenvalue weighted by Crippen LogP contribution is 2.28. The summed E-state index contributed by atoms with van der Waals surface area (Å²) in [6.07, 6.45) is -1.04. The standard InChI is InChI=1S/C16H14N2O8/c19-12-6-3-10(7-13(12)20)14(15(21)22)17-16(23)26-8-9-1-4-11(5-2-9)18(24)25/h1-7,14,19-20H,8H2,(H,17,23)(H,21,22)/t14-/m1/s1. The van der Waals surface area contributed by atoms with Gasteiger partial charge in [0.15, 0.2) is 17.5 Å². The summed E-state index contributed by atoms with van der Waals surface area (Å²) in [5, 5.41) is 40.6. The van der Waals surface area contributed by atoms with Gasteiger partial charge in [0.25, 0.3) is 5.69 Å². The van der Waals surface area contributed by atoms with Crippen LogP contribution in [0, 0.1) is 10.1 Å². The summed E-state index contributed by atoms with van der Waals surface area (Å²) in [4.78, 5) is 33.1. The maximum Gasteiger partial charge on any atom is 0.408 e. The molecule has 0 bridgehead atoms. The first-order chi connectivity index (χ1) is 12.3. The SMILES string of the molecule is O=C(N[C@@H](C(=O)O)c1ccc(O)c(O)c1)OCc1ccc([N+](=O)[O-])cc1. The molecule has 26 heavy (non-hydrogen) atoms. The Kier molecular flexibility index (Phi) is 5.58. The number of nitro benzene ring substituents is 1. The second-order valence-electron chi connectivity index (χ2n) is 5.16. The third kappa shape index (κ3) is 4.60. The third-order valence-corrected chi connectivity index (χ3v) is 3.36. The lowest BCUT2D eigenvalue weighted by Crippen LogP contribution is -2.34. The van der Waals surface area contributed by atoms with E-state index in [9.17, 15) is 35.0 Å². The Hall–Kier alpha value is -3.82.